The van der Waals surface area contributed by atoms with Crippen molar-refractivity contribution in [1.82, 2.24) is 14.9 Å². The number of nitrogen functional groups attached to an aromatic ring is 1. The van der Waals surface area contributed by atoms with E-state index in [1.54, 1.807) is 11.8 Å². The van der Waals surface area contributed by atoms with Crippen molar-refractivity contribution in [2.24, 2.45) is 0 Å². The van der Waals surface area contributed by atoms with Crippen molar-refractivity contribution in [1.29, 1.82) is 0 Å². The van der Waals surface area contributed by atoms with Crippen LogP contribution in [0.1, 0.15) is 12.8 Å². The van der Waals surface area contributed by atoms with E-state index in [1.165, 1.54) is 6.20 Å². The summed E-state index contributed by atoms with van der Waals surface area (Å²) < 4.78 is 25.9. The number of nitrogens with one attached hydrogen (secondary N) is 2. The number of unbranched alkanes of at least 4 members (excludes halogenated alkanes) is 1. The van der Waals surface area contributed by atoms with E-state index in [0.29, 0.717) is 6.54 Å². The Bertz CT molecular complexity index is 415. The molecular weight excluding hydrogens is 248 g/mol. The lowest BCUT2D eigenvalue weighted by Crippen LogP contribution is -2.25. The van der Waals surface area contributed by atoms with Crippen LogP contribution in [0.4, 0.5) is 5.82 Å². The molecule has 0 spiro atoms. The van der Waals surface area contributed by atoms with Crippen LogP contribution in [0.25, 0.3) is 0 Å². The highest BCUT2D eigenvalue weighted by Crippen LogP contribution is 2.13. The van der Waals surface area contributed by atoms with E-state index in [9.17, 15) is 8.42 Å². The summed E-state index contributed by atoms with van der Waals surface area (Å²) in [7, 11) is -3.51. The van der Waals surface area contributed by atoms with E-state index in [2.05, 4.69) is 14.9 Å². The lowest BCUT2D eigenvalue weighted by molar-refractivity contribution is 0.579. The molecule has 92 valence electrons. The minimum Gasteiger partial charge on any atom is -0.383 e. The standard InChI is InChI=1S/C8H16N4O2S2/c1-15-5-3-2-4-11-16(13,14)7-6-10-12-8(7)9/h6,11H,2-5H2,1H3,(H3,9,10,12). The molecule has 0 radical (unpaired) electrons. The van der Waals surface area contributed by atoms with Crippen LogP contribution in [0.5, 0.6) is 0 Å². The van der Waals surface area contributed by atoms with Gasteiger partial charge in [-0.05, 0) is 24.9 Å². The molecule has 0 amide bonds. The maximum atomic E-state index is 11.7. The maximum absolute atomic E-state index is 11.7. The van der Waals surface area contributed by atoms with Gasteiger partial charge in [-0.25, -0.2) is 13.1 Å². The molecule has 0 bridgehead atoms. The van der Waals surface area contributed by atoms with Gasteiger partial charge in [-0.1, -0.05) is 0 Å². The molecule has 4 N–H and O–H groups in total. The number of aromatic amines is 1. The Morgan fingerprint density at radius 1 is 1.56 bits per heavy atom. The summed E-state index contributed by atoms with van der Waals surface area (Å²) in [5.41, 5.74) is 5.44. The number of hydrogen-bond donors (Lipinski definition) is 3. The number of anilines is 1. The highest BCUT2D eigenvalue weighted by atomic mass is 32.2. The van der Waals surface area contributed by atoms with Gasteiger partial charge in [0.15, 0.2) is 0 Å². The van der Waals surface area contributed by atoms with Crippen molar-refractivity contribution in [3.05, 3.63) is 6.20 Å². The molecule has 0 aliphatic rings. The highest BCUT2D eigenvalue weighted by molar-refractivity contribution is 7.98. The molecule has 1 aromatic heterocycles. The quantitative estimate of drug-likeness (QED) is 0.619. The number of rotatable bonds is 7. The minimum atomic E-state index is -3.51. The first-order valence-electron chi connectivity index (χ1n) is 4.85. The molecular formula is C8H16N4O2S2. The molecule has 0 saturated heterocycles. The van der Waals surface area contributed by atoms with E-state index in [0.717, 1.165) is 18.6 Å². The van der Waals surface area contributed by atoms with Crippen molar-refractivity contribution < 1.29 is 8.42 Å². The molecule has 0 unspecified atom stereocenters. The third kappa shape index (κ3) is 3.69. The van der Waals surface area contributed by atoms with Crippen molar-refractivity contribution in [2.45, 2.75) is 17.7 Å². The molecule has 1 rings (SSSR count). The predicted octanol–water partition coefficient (Wildman–Crippen LogP) is 0.413. The first-order chi connectivity index (χ1) is 7.58. The third-order valence-electron chi connectivity index (χ3n) is 1.99. The number of thioether (sulfide) groups is 1. The Kier molecular flexibility index (Phi) is 5.10. The summed E-state index contributed by atoms with van der Waals surface area (Å²) >= 11 is 1.75. The van der Waals surface area contributed by atoms with Gasteiger partial charge in [0.05, 0.1) is 6.20 Å². The molecule has 8 heteroatoms. The maximum Gasteiger partial charge on any atom is 0.245 e. The topological polar surface area (TPSA) is 101 Å². The van der Waals surface area contributed by atoms with Gasteiger partial charge in [0.1, 0.15) is 10.7 Å². The smallest absolute Gasteiger partial charge is 0.245 e. The monoisotopic (exact) mass is 264 g/mol. The minimum absolute atomic E-state index is 0.0115. The van der Waals surface area contributed by atoms with Crippen LogP contribution in [0.2, 0.25) is 0 Å². The zero-order chi connectivity index (χ0) is 12.0. The second-order valence-corrected chi connectivity index (χ2v) is 5.97. The van der Waals surface area contributed by atoms with Gasteiger partial charge >= 0.3 is 0 Å². The number of nitrogens with zero attached hydrogens (tertiary/aromatic N) is 1. The molecule has 0 aliphatic heterocycles. The molecule has 0 fully saturated rings. The summed E-state index contributed by atoms with van der Waals surface area (Å²) in [6, 6.07) is 0. The van der Waals surface area contributed by atoms with Gasteiger partial charge in [-0.3, -0.25) is 5.10 Å². The largest absolute Gasteiger partial charge is 0.383 e. The van der Waals surface area contributed by atoms with E-state index in [4.69, 9.17) is 5.73 Å². The van der Waals surface area contributed by atoms with Crippen molar-refractivity contribution in [3.63, 3.8) is 0 Å². The first kappa shape index (κ1) is 13.3. The van der Waals surface area contributed by atoms with E-state index in [1.807, 2.05) is 6.26 Å². The second-order valence-electron chi connectivity index (χ2n) is 3.25. The fourth-order valence-electron chi connectivity index (χ4n) is 1.15. The molecule has 0 aliphatic carbocycles. The Morgan fingerprint density at radius 3 is 2.88 bits per heavy atom. The molecule has 0 saturated carbocycles. The van der Waals surface area contributed by atoms with E-state index < -0.39 is 10.0 Å². The van der Waals surface area contributed by atoms with Crippen LogP contribution in [0.3, 0.4) is 0 Å². The molecule has 6 nitrogen and oxygen atoms in total. The van der Waals surface area contributed by atoms with E-state index >= 15 is 0 Å². The van der Waals surface area contributed by atoms with E-state index in [-0.39, 0.29) is 10.7 Å². The average molecular weight is 264 g/mol. The van der Waals surface area contributed by atoms with Crippen LogP contribution in [0, 0.1) is 0 Å². The fourth-order valence-corrected chi connectivity index (χ4v) is 2.74. The summed E-state index contributed by atoms with van der Waals surface area (Å²) in [5.74, 6) is 1.10. The van der Waals surface area contributed by atoms with Crippen LogP contribution in [0.15, 0.2) is 11.1 Å². The second kappa shape index (κ2) is 6.12. The lowest BCUT2D eigenvalue weighted by Gasteiger charge is -2.04. The first-order valence-corrected chi connectivity index (χ1v) is 7.73. The van der Waals surface area contributed by atoms with Gasteiger partial charge in [0.2, 0.25) is 10.0 Å². The molecule has 1 aromatic rings. The predicted molar refractivity (Wildman–Crippen MR) is 65.8 cm³/mol. The zero-order valence-corrected chi connectivity index (χ0v) is 10.7. The Labute approximate surface area is 99.4 Å². The van der Waals surface area contributed by atoms with Crippen molar-refractivity contribution in [3.8, 4) is 0 Å². The Hall–Kier alpha value is -0.730. The third-order valence-corrected chi connectivity index (χ3v) is 4.17. The van der Waals surface area contributed by atoms with Gasteiger partial charge < -0.3 is 5.73 Å². The summed E-state index contributed by atoms with van der Waals surface area (Å²) in [4.78, 5) is 0.0115. The van der Waals surface area contributed by atoms with Crippen molar-refractivity contribution in [2.75, 3.05) is 24.3 Å². The zero-order valence-electron chi connectivity index (χ0n) is 9.06. The molecule has 0 aromatic carbocycles. The molecule has 1 heterocycles. The van der Waals surface area contributed by atoms with Gasteiger partial charge in [0.25, 0.3) is 0 Å². The fraction of sp³-hybridized carbons (Fsp3) is 0.625. The van der Waals surface area contributed by atoms with Crippen LogP contribution in [-0.4, -0.2) is 37.2 Å². The summed E-state index contributed by atoms with van der Waals surface area (Å²) in [5, 5.41) is 5.96. The lowest BCUT2D eigenvalue weighted by atomic mass is 10.3. The number of nitrogens with two attached hydrogens (primary N) is 1. The normalized spacial score (nSPS) is 11.8. The highest BCUT2D eigenvalue weighted by Gasteiger charge is 2.18. The van der Waals surface area contributed by atoms with Gasteiger partial charge in [-0.15, -0.1) is 0 Å². The number of sulfonamides is 1. The molecule has 16 heavy (non-hydrogen) atoms. The van der Waals surface area contributed by atoms with Crippen LogP contribution >= 0.6 is 11.8 Å². The van der Waals surface area contributed by atoms with Crippen LogP contribution < -0.4 is 10.5 Å². The number of aromatic nitrogens is 2. The SMILES string of the molecule is CSCCCCNS(=O)(=O)c1cn[nH]c1N. The Morgan fingerprint density at radius 2 is 2.31 bits per heavy atom. The number of H-pyrrole nitrogens is 1. The van der Waals surface area contributed by atoms with Crippen LogP contribution in [-0.2, 0) is 10.0 Å². The molecule has 0 atom stereocenters. The Balaban J connectivity index is 2.45. The summed E-state index contributed by atoms with van der Waals surface area (Å²) in [6.07, 6.45) is 5.04. The van der Waals surface area contributed by atoms with Gasteiger partial charge in [-0.2, -0.15) is 16.9 Å². The summed E-state index contributed by atoms with van der Waals surface area (Å²) in [6.45, 7) is 0.424. The van der Waals surface area contributed by atoms with Gasteiger partial charge in [0, 0.05) is 6.54 Å². The van der Waals surface area contributed by atoms with Crippen molar-refractivity contribution >= 4 is 27.6 Å². The number of hydrogen-bond acceptors (Lipinski definition) is 5. The average Bonchev–Trinajstić information content (AvgIpc) is 2.65.